The van der Waals surface area contributed by atoms with Crippen molar-refractivity contribution in [1.82, 2.24) is 0 Å². The Balaban J connectivity index is 1.61. The summed E-state index contributed by atoms with van der Waals surface area (Å²) in [5.41, 5.74) is 0.611. The molecule has 4 saturated carbocycles. The minimum atomic E-state index is -0.205. The summed E-state index contributed by atoms with van der Waals surface area (Å²) in [7, 11) is 0. The molecule has 172 valence electrons. The van der Waals surface area contributed by atoms with E-state index in [1.54, 1.807) is 6.21 Å². The van der Waals surface area contributed by atoms with Crippen LogP contribution in [0.4, 0.5) is 0 Å². The summed E-state index contributed by atoms with van der Waals surface area (Å²) in [6, 6.07) is 0. The summed E-state index contributed by atoms with van der Waals surface area (Å²) in [5, 5.41) is 34.1. The zero-order chi connectivity index (χ0) is 21.7. The maximum Gasteiger partial charge on any atom is 0.0605 e. The molecule has 0 amide bonds. The van der Waals surface area contributed by atoms with Gasteiger partial charge in [0.2, 0.25) is 0 Å². The number of hydrogen-bond donors (Lipinski definition) is 3. The number of oxime groups is 1. The highest BCUT2D eigenvalue weighted by Gasteiger charge is 2.64. The first-order valence-electron chi connectivity index (χ1n) is 12.8. The van der Waals surface area contributed by atoms with Crippen molar-refractivity contribution in [2.45, 2.75) is 104 Å². The molecular weight excluding hydrogens is 374 g/mol. The van der Waals surface area contributed by atoms with Gasteiger partial charge < -0.3 is 15.4 Å². The Morgan fingerprint density at radius 1 is 1.00 bits per heavy atom. The number of rotatable bonds is 5. The van der Waals surface area contributed by atoms with Crippen LogP contribution in [-0.2, 0) is 0 Å². The van der Waals surface area contributed by atoms with Gasteiger partial charge in [-0.2, -0.15) is 0 Å². The fourth-order valence-electron chi connectivity index (χ4n) is 9.53. The molecule has 4 fully saturated rings. The van der Waals surface area contributed by atoms with E-state index in [4.69, 9.17) is 5.21 Å². The van der Waals surface area contributed by atoms with Gasteiger partial charge in [0.05, 0.1) is 12.2 Å². The van der Waals surface area contributed by atoms with Crippen LogP contribution in [0.1, 0.15) is 91.9 Å². The van der Waals surface area contributed by atoms with Crippen molar-refractivity contribution in [2.24, 2.45) is 57.4 Å². The Hall–Kier alpha value is -0.610. The highest BCUT2D eigenvalue weighted by Crippen LogP contribution is 2.69. The van der Waals surface area contributed by atoms with Crippen LogP contribution in [0.25, 0.3) is 0 Å². The Bertz CT molecular complexity index is 638. The third-order valence-electron chi connectivity index (χ3n) is 11.0. The number of fused-ring (bicyclic) bond motifs is 5. The number of nitrogens with zero attached hydrogens (tertiary/aromatic N) is 1. The SMILES string of the molecule is CC[C@H]1[C@@H](O)[C@@H]2[C@H](CC[C@]3(C)C([C@H](C)CC/C=N/O)CC[C@@H]23)[C@@]2(C)CC[C@@H](O)C[C@@H]12. The van der Waals surface area contributed by atoms with Crippen LogP contribution in [0.2, 0.25) is 0 Å². The molecule has 3 N–H and O–H groups in total. The maximum atomic E-state index is 11.7. The fraction of sp³-hybridized carbons (Fsp3) is 0.962. The number of aliphatic hydroxyl groups excluding tert-OH is 2. The molecule has 0 aliphatic heterocycles. The normalized spacial score (nSPS) is 51.9. The Morgan fingerprint density at radius 2 is 1.70 bits per heavy atom. The molecule has 0 spiro atoms. The van der Waals surface area contributed by atoms with Gasteiger partial charge in [-0.05, 0) is 110 Å². The highest BCUT2D eigenvalue weighted by molar-refractivity contribution is 5.55. The average molecular weight is 420 g/mol. The van der Waals surface area contributed by atoms with Crippen LogP contribution in [0.15, 0.2) is 5.16 Å². The van der Waals surface area contributed by atoms with E-state index in [0.29, 0.717) is 46.8 Å². The summed E-state index contributed by atoms with van der Waals surface area (Å²) in [5.74, 6) is 3.82. The molecule has 0 radical (unpaired) electrons. The van der Waals surface area contributed by atoms with Crippen molar-refractivity contribution in [3.8, 4) is 0 Å². The monoisotopic (exact) mass is 419 g/mol. The molecule has 0 heterocycles. The van der Waals surface area contributed by atoms with Crippen molar-refractivity contribution in [1.29, 1.82) is 0 Å². The van der Waals surface area contributed by atoms with Crippen LogP contribution in [0, 0.1) is 52.3 Å². The average Bonchev–Trinajstić information content (AvgIpc) is 3.07. The first kappa shape index (κ1) is 22.6. The van der Waals surface area contributed by atoms with Gasteiger partial charge in [-0.25, -0.2) is 0 Å². The van der Waals surface area contributed by atoms with Crippen molar-refractivity contribution >= 4 is 6.21 Å². The molecule has 4 heteroatoms. The minimum absolute atomic E-state index is 0.172. The molecule has 11 atom stereocenters. The van der Waals surface area contributed by atoms with E-state index in [1.165, 1.54) is 25.7 Å². The van der Waals surface area contributed by atoms with Gasteiger partial charge in [-0.3, -0.25) is 0 Å². The summed E-state index contributed by atoms with van der Waals surface area (Å²) < 4.78 is 0. The summed E-state index contributed by atoms with van der Waals surface area (Å²) >= 11 is 0. The fourth-order valence-corrected chi connectivity index (χ4v) is 9.53. The molecule has 0 bridgehead atoms. The van der Waals surface area contributed by atoms with E-state index in [0.717, 1.165) is 38.5 Å². The van der Waals surface area contributed by atoms with E-state index in [9.17, 15) is 10.2 Å². The second-order valence-electron chi connectivity index (χ2n) is 12.0. The van der Waals surface area contributed by atoms with Crippen molar-refractivity contribution in [2.75, 3.05) is 0 Å². The van der Waals surface area contributed by atoms with Gasteiger partial charge in [-0.1, -0.05) is 34.1 Å². The summed E-state index contributed by atoms with van der Waals surface area (Å²) in [4.78, 5) is 0. The Morgan fingerprint density at radius 3 is 2.40 bits per heavy atom. The molecule has 0 aromatic carbocycles. The number of hydrogen-bond acceptors (Lipinski definition) is 4. The van der Waals surface area contributed by atoms with Gasteiger partial charge >= 0.3 is 0 Å². The second kappa shape index (κ2) is 8.39. The van der Waals surface area contributed by atoms with E-state index in [-0.39, 0.29) is 17.6 Å². The van der Waals surface area contributed by atoms with Crippen LogP contribution in [-0.4, -0.2) is 33.8 Å². The lowest BCUT2D eigenvalue weighted by molar-refractivity contribution is -0.203. The zero-order valence-electron chi connectivity index (χ0n) is 19.6. The number of aliphatic hydroxyl groups is 2. The summed E-state index contributed by atoms with van der Waals surface area (Å²) in [6.07, 6.45) is 12.3. The third-order valence-corrected chi connectivity index (χ3v) is 11.0. The van der Waals surface area contributed by atoms with Crippen molar-refractivity contribution in [3.63, 3.8) is 0 Å². The van der Waals surface area contributed by atoms with Crippen molar-refractivity contribution < 1.29 is 15.4 Å². The second-order valence-corrected chi connectivity index (χ2v) is 12.0. The standard InChI is InChI=1S/C26H45NO3/c1-5-18-22-15-17(28)10-12-26(22,4)21-11-13-25(3)19(16(2)7-6-14-27-30)8-9-20(25)23(21)24(18)29/h14,16-24,28-30H,5-13,15H2,1-4H3/b27-14+/t16-,17-,18-,19?,20+,21+,22+,23+,24-,25-,26-/m1/s1. The highest BCUT2D eigenvalue weighted by atomic mass is 16.4. The molecule has 0 aromatic heterocycles. The van der Waals surface area contributed by atoms with Crippen molar-refractivity contribution in [3.05, 3.63) is 0 Å². The van der Waals surface area contributed by atoms with E-state index >= 15 is 0 Å². The lowest BCUT2D eigenvalue weighted by atomic mass is 9.41. The molecule has 4 rings (SSSR count). The molecule has 1 unspecified atom stereocenters. The predicted octanol–water partition coefficient (Wildman–Crippen LogP) is 5.49. The summed E-state index contributed by atoms with van der Waals surface area (Å²) in [6.45, 7) is 9.69. The predicted molar refractivity (Wildman–Crippen MR) is 120 cm³/mol. The maximum absolute atomic E-state index is 11.7. The van der Waals surface area contributed by atoms with Crippen LogP contribution in [0.5, 0.6) is 0 Å². The molecule has 4 aliphatic rings. The quantitative estimate of drug-likeness (QED) is 0.313. The molecular formula is C26H45NO3. The first-order valence-corrected chi connectivity index (χ1v) is 12.8. The van der Waals surface area contributed by atoms with Gasteiger partial charge in [0.1, 0.15) is 0 Å². The van der Waals surface area contributed by atoms with Gasteiger partial charge in [-0.15, -0.1) is 5.16 Å². The lowest BCUT2D eigenvalue weighted by Crippen LogP contribution is -2.62. The molecule has 30 heavy (non-hydrogen) atoms. The molecule has 0 aromatic rings. The lowest BCUT2D eigenvalue weighted by Gasteiger charge is -2.64. The van der Waals surface area contributed by atoms with E-state index < -0.39 is 0 Å². The topological polar surface area (TPSA) is 73.1 Å². The molecule has 4 nitrogen and oxygen atoms in total. The Kier molecular flexibility index (Phi) is 6.31. The molecule has 4 aliphatic carbocycles. The smallest absolute Gasteiger partial charge is 0.0605 e. The van der Waals surface area contributed by atoms with Gasteiger partial charge in [0, 0.05) is 6.21 Å². The van der Waals surface area contributed by atoms with Gasteiger partial charge in [0.25, 0.3) is 0 Å². The third kappa shape index (κ3) is 3.36. The van der Waals surface area contributed by atoms with Gasteiger partial charge in [0.15, 0.2) is 0 Å². The van der Waals surface area contributed by atoms with E-state index in [1.807, 2.05) is 0 Å². The largest absolute Gasteiger partial charge is 0.411 e. The van der Waals surface area contributed by atoms with Crippen LogP contribution in [0.3, 0.4) is 0 Å². The Labute approximate surface area is 183 Å². The minimum Gasteiger partial charge on any atom is -0.411 e. The van der Waals surface area contributed by atoms with E-state index in [2.05, 4.69) is 32.9 Å². The van der Waals surface area contributed by atoms with Crippen LogP contribution < -0.4 is 0 Å². The molecule has 0 saturated heterocycles. The zero-order valence-corrected chi connectivity index (χ0v) is 19.6. The first-order chi connectivity index (χ1) is 14.3. The van der Waals surface area contributed by atoms with Crippen LogP contribution >= 0.6 is 0 Å².